The Morgan fingerprint density at radius 2 is 2.00 bits per heavy atom. The van der Waals surface area contributed by atoms with Gasteiger partial charge in [-0.2, -0.15) is 0 Å². The quantitative estimate of drug-likeness (QED) is 0.723. The van der Waals surface area contributed by atoms with Gasteiger partial charge in [0.15, 0.2) is 0 Å². The summed E-state index contributed by atoms with van der Waals surface area (Å²) in [6.07, 6.45) is 6.09. The molecular formula is C13H20N2O. The van der Waals surface area contributed by atoms with Crippen molar-refractivity contribution in [2.24, 2.45) is 0 Å². The van der Waals surface area contributed by atoms with Crippen molar-refractivity contribution in [3.8, 4) is 0 Å². The molecular weight excluding hydrogens is 200 g/mol. The zero-order valence-electron chi connectivity index (χ0n) is 9.93. The molecule has 0 unspecified atom stereocenters. The maximum absolute atomic E-state index is 5.36. The molecule has 1 fully saturated rings. The zero-order valence-corrected chi connectivity index (χ0v) is 9.93. The van der Waals surface area contributed by atoms with Gasteiger partial charge in [-0.25, -0.2) is 0 Å². The van der Waals surface area contributed by atoms with Crippen molar-refractivity contribution in [1.29, 1.82) is 0 Å². The molecule has 0 spiro atoms. The first kappa shape index (κ1) is 11.4. The first-order valence-electron chi connectivity index (χ1n) is 5.97. The molecule has 88 valence electrons. The summed E-state index contributed by atoms with van der Waals surface area (Å²) < 4.78 is 5.36. The molecule has 0 radical (unpaired) electrons. The van der Waals surface area contributed by atoms with Gasteiger partial charge in [0, 0.05) is 32.7 Å². The van der Waals surface area contributed by atoms with Crippen LogP contribution in [0.3, 0.4) is 0 Å². The monoisotopic (exact) mass is 220 g/mol. The lowest BCUT2D eigenvalue weighted by Gasteiger charge is -2.33. The summed E-state index contributed by atoms with van der Waals surface area (Å²) in [4.78, 5) is 4.93. The third-order valence-electron chi connectivity index (χ3n) is 3.02. The van der Waals surface area contributed by atoms with Crippen LogP contribution in [-0.2, 0) is 6.54 Å². The predicted octanol–water partition coefficient (Wildman–Crippen LogP) is 1.97. The lowest BCUT2D eigenvalue weighted by Crippen LogP contribution is -2.45. The summed E-state index contributed by atoms with van der Waals surface area (Å²) in [7, 11) is 0. The first-order chi connectivity index (χ1) is 7.88. The van der Waals surface area contributed by atoms with Gasteiger partial charge in [0.05, 0.1) is 12.8 Å². The van der Waals surface area contributed by atoms with Crippen LogP contribution >= 0.6 is 0 Å². The van der Waals surface area contributed by atoms with Crippen LogP contribution in [0.1, 0.15) is 12.7 Å². The van der Waals surface area contributed by atoms with E-state index in [1.165, 1.54) is 0 Å². The van der Waals surface area contributed by atoms with Crippen LogP contribution < -0.4 is 0 Å². The van der Waals surface area contributed by atoms with E-state index in [-0.39, 0.29) is 0 Å². The molecule has 0 atom stereocenters. The highest BCUT2D eigenvalue weighted by atomic mass is 16.3. The minimum absolute atomic E-state index is 0.949. The molecule has 2 heterocycles. The number of hydrogen-bond acceptors (Lipinski definition) is 3. The highest BCUT2D eigenvalue weighted by Crippen LogP contribution is 2.08. The molecule has 0 aromatic carbocycles. The Balaban J connectivity index is 1.73. The summed E-state index contributed by atoms with van der Waals surface area (Å²) in [6.45, 7) is 8.70. The largest absolute Gasteiger partial charge is 0.468 e. The molecule has 1 saturated heterocycles. The molecule has 0 N–H and O–H groups in total. The number of allylic oxidation sites excluding steroid dienone is 1. The number of hydrogen-bond donors (Lipinski definition) is 0. The molecule has 1 aromatic heterocycles. The van der Waals surface area contributed by atoms with Gasteiger partial charge >= 0.3 is 0 Å². The van der Waals surface area contributed by atoms with Crippen LogP contribution in [0, 0.1) is 0 Å². The third kappa shape index (κ3) is 3.22. The highest BCUT2D eigenvalue weighted by Gasteiger charge is 2.16. The fourth-order valence-corrected chi connectivity index (χ4v) is 2.01. The Labute approximate surface area is 97.3 Å². The van der Waals surface area contributed by atoms with Crippen LogP contribution in [0.5, 0.6) is 0 Å². The van der Waals surface area contributed by atoms with Crippen molar-refractivity contribution in [3.63, 3.8) is 0 Å². The fraction of sp³-hybridized carbons (Fsp3) is 0.538. The van der Waals surface area contributed by atoms with Crippen molar-refractivity contribution in [3.05, 3.63) is 36.3 Å². The molecule has 16 heavy (non-hydrogen) atoms. The number of nitrogens with zero attached hydrogens (tertiary/aromatic N) is 2. The summed E-state index contributed by atoms with van der Waals surface area (Å²) in [6, 6.07) is 4.00. The smallest absolute Gasteiger partial charge is 0.117 e. The Kier molecular flexibility index (Phi) is 4.19. The number of furan rings is 1. The summed E-state index contributed by atoms with van der Waals surface area (Å²) in [5.41, 5.74) is 0. The second kappa shape index (κ2) is 5.87. The van der Waals surface area contributed by atoms with Gasteiger partial charge < -0.3 is 4.42 Å². The summed E-state index contributed by atoms with van der Waals surface area (Å²) in [5.74, 6) is 1.07. The first-order valence-corrected chi connectivity index (χ1v) is 5.97. The average Bonchev–Trinajstić information content (AvgIpc) is 2.81. The van der Waals surface area contributed by atoms with Gasteiger partial charge in [0.2, 0.25) is 0 Å². The minimum atomic E-state index is 0.949. The van der Waals surface area contributed by atoms with E-state index in [1.54, 1.807) is 6.26 Å². The molecule has 3 nitrogen and oxygen atoms in total. The van der Waals surface area contributed by atoms with E-state index in [2.05, 4.69) is 28.9 Å². The van der Waals surface area contributed by atoms with Crippen LogP contribution in [0.25, 0.3) is 0 Å². The van der Waals surface area contributed by atoms with E-state index in [0.29, 0.717) is 0 Å². The second-order valence-corrected chi connectivity index (χ2v) is 4.23. The van der Waals surface area contributed by atoms with Crippen molar-refractivity contribution < 1.29 is 4.42 Å². The van der Waals surface area contributed by atoms with Gasteiger partial charge in [-0.3, -0.25) is 9.80 Å². The van der Waals surface area contributed by atoms with E-state index in [0.717, 1.165) is 45.0 Å². The summed E-state index contributed by atoms with van der Waals surface area (Å²) in [5, 5.41) is 0. The predicted molar refractivity (Wildman–Crippen MR) is 65.2 cm³/mol. The van der Waals surface area contributed by atoms with E-state index in [4.69, 9.17) is 4.42 Å². The highest BCUT2D eigenvalue weighted by molar-refractivity contribution is 4.98. The summed E-state index contributed by atoms with van der Waals surface area (Å²) >= 11 is 0. The Morgan fingerprint density at radius 3 is 2.62 bits per heavy atom. The molecule has 0 bridgehead atoms. The lowest BCUT2D eigenvalue weighted by atomic mass is 10.3. The van der Waals surface area contributed by atoms with E-state index < -0.39 is 0 Å². The van der Waals surface area contributed by atoms with Crippen molar-refractivity contribution in [2.45, 2.75) is 13.5 Å². The Morgan fingerprint density at radius 1 is 1.25 bits per heavy atom. The Hall–Kier alpha value is -1.06. The maximum Gasteiger partial charge on any atom is 0.117 e. The SMILES string of the molecule is C/C=C/CN1CCN(Cc2ccco2)CC1. The van der Waals surface area contributed by atoms with Gasteiger partial charge in [0.25, 0.3) is 0 Å². The molecule has 1 aliphatic rings. The molecule has 1 aromatic rings. The van der Waals surface area contributed by atoms with Crippen LogP contribution in [-0.4, -0.2) is 42.5 Å². The third-order valence-corrected chi connectivity index (χ3v) is 3.02. The van der Waals surface area contributed by atoms with Crippen molar-refractivity contribution >= 4 is 0 Å². The van der Waals surface area contributed by atoms with Gasteiger partial charge in [-0.15, -0.1) is 0 Å². The molecule has 0 aliphatic carbocycles. The topological polar surface area (TPSA) is 19.6 Å². The molecule has 2 rings (SSSR count). The van der Waals surface area contributed by atoms with E-state index >= 15 is 0 Å². The minimum Gasteiger partial charge on any atom is -0.468 e. The number of rotatable bonds is 4. The van der Waals surface area contributed by atoms with Gasteiger partial charge in [0.1, 0.15) is 5.76 Å². The molecule has 1 aliphatic heterocycles. The van der Waals surface area contributed by atoms with Crippen molar-refractivity contribution in [1.82, 2.24) is 9.80 Å². The van der Waals surface area contributed by atoms with Gasteiger partial charge in [-0.1, -0.05) is 12.2 Å². The molecule has 3 heteroatoms. The zero-order chi connectivity index (χ0) is 11.2. The van der Waals surface area contributed by atoms with E-state index in [9.17, 15) is 0 Å². The molecule has 0 saturated carbocycles. The van der Waals surface area contributed by atoms with Gasteiger partial charge in [-0.05, 0) is 19.1 Å². The molecule has 0 amide bonds. The number of piperazine rings is 1. The normalized spacial score (nSPS) is 19.6. The van der Waals surface area contributed by atoms with Crippen LogP contribution in [0.2, 0.25) is 0 Å². The Bertz CT molecular complexity index is 311. The fourth-order valence-electron chi connectivity index (χ4n) is 2.01. The standard InChI is InChI=1S/C13H20N2O/c1-2-3-6-14-7-9-15(10-8-14)12-13-5-4-11-16-13/h2-5,11H,6-10,12H2,1H3/b3-2+. The van der Waals surface area contributed by atoms with Crippen LogP contribution in [0.4, 0.5) is 0 Å². The average molecular weight is 220 g/mol. The second-order valence-electron chi connectivity index (χ2n) is 4.23. The van der Waals surface area contributed by atoms with Crippen molar-refractivity contribution in [2.75, 3.05) is 32.7 Å². The van der Waals surface area contributed by atoms with E-state index in [1.807, 2.05) is 12.1 Å². The lowest BCUT2D eigenvalue weighted by molar-refractivity contribution is 0.130. The van der Waals surface area contributed by atoms with Crippen LogP contribution in [0.15, 0.2) is 35.0 Å². The maximum atomic E-state index is 5.36.